The molecular formula is C15H28N2O3. The molecule has 20 heavy (non-hydrogen) atoms. The number of hydrogen-bond donors (Lipinski definition) is 2. The summed E-state index contributed by atoms with van der Waals surface area (Å²) in [5.74, 6) is 0.387. The number of methoxy groups -OCH3 is 1. The van der Waals surface area contributed by atoms with Gasteiger partial charge in [-0.05, 0) is 44.7 Å². The Morgan fingerprint density at radius 2 is 2.05 bits per heavy atom. The first-order valence-corrected chi connectivity index (χ1v) is 7.63. The van der Waals surface area contributed by atoms with Crippen molar-refractivity contribution >= 4 is 11.9 Å². The van der Waals surface area contributed by atoms with Gasteiger partial charge in [0.25, 0.3) is 0 Å². The van der Waals surface area contributed by atoms with E-state index in [4.69, 9.17) is 4.74 Å². The molecular weight excluding hydrogens is 256 g/mol. The minimum absolute atomic E-state index is 0.0458. The van der Waals surface area contributed by atoms with Crippen molar-refractivity contribution in [1.82, 2.24) is 10.6 Å². The van der Waals surface area contributed by atoms with Gasteiger partial charge in [-0.2, -0.15) is 0 Å². The Morgan fingerprint density at radius 1 is 1.35 bits per heavy atom. The number of nitrogens with one attached hydrogen (secondary N) is 2. The second kappa shape index (κ2) is 8.25. The standard InChI is InChI=1S/C15H28N2O3/c1-4-15(5-2,10-14(19)20-3)17-13(18)7-6-12-8-9-16-11-12/h12,16H,4-11H2,1-3H3,(H,17,18). The van der Waals surface area contributed by atoms with Crippen molar-refractivity contribution in [1.29, 1.82) is 0 Å². The second-order valence-electron chi connectivity index (χ2n) is 5.69. The molecule has 0 spiro atoms. The van der Waals surface area contributed by atoms with E-state index in [1.54, 1.807) is 0 Å². The average molecular weight is 284 g/mol. The van der Waals surface area contributed by atoms with Gasteiger partial charge in [0.2, 0.25) is 5.91 Å². The van der Waals surface area contributed by atoms with E-state index in [0.717, 1.165) is 38.8 Å². The molecule has 1 saturated heterocycles. The third-order valence-electron chi connectivity index (χ3n) is 4.41. The van der Waals surface area contributed by atoms with Crippen LogP contribution in [0.3, 0.4) is 0 Å². The molecule has 1 heterocycles. The number of amides is 1. The molecule has 5 heteroatoms. The SMILES string of the molecule is CCC(CC)(CC(=O)OC)NC(=O)CCC1CCNC1. The lowest BCUT2D eigenvalue weighted by Crippen LogP contribution is -2.49. The molecule has 0 aromatic carbocycles. The maximum absolute atomic E-state index is 12.1. The summed E-state index contributed by atoms with van der Waals surface area (Å²) >= 11 is 0. The summed E-state index contributed by atoms with van der Waals surface area (Å²) in [7, 11) is 1.38. The quantitative estimate of drug-likeness (QED) is 0.665. The molecule has 1 rings (SSSR count). The molecule has 0 radical (unpaired) electrons. The normalized spacial score (nSPS) is 18.9. The highest BCUT2D eigenvalue weighted by Gasteiger charge is 2.31. The summed E-state index contributed by atoms with van der Waals surface area (Å²) in [4.78, 5) is 23.6. The zero-order valence-electron chi connectivity index (χ0n) is 13.0. The van der Waals surface area contributed by atoms with Crippen LogP contribution in [0.2, 0.25) is 0 Å². The first-order chi connectivity index (χ1) is 9.55. The van der Waals surface area contributed by atoms with E-state index in [2.05, 4.69) is 10.6 Å². The van der Waals surface area contributed by atoms with E-state index < -0.39 is 5.54 Å². The number of ether oxygens (including phenoxy) is 1. The number of carbonyl (C=O) groups excluding carboxylic acids is 2. The van der Waals surface area contributed by atoms with Crippen LogP contribution < -0.4 is 10.6 Å². The van der Waals surface area contributed by atoms with Crippen molar-refractivity contribution in [3.63, 3.8) is 0 Å². The molecule has 1 atom stereocenters. The largest absolute Gasteiger partial charge is 0.469 e. The molecule has 5 nitrogen and oxygen atoms in total. The number of rotatable bonds is 8. The summed E-state index contributed by atoms with van der Waals surface area (Å²) in [6.07, 6.45) is 4.32. The number of carbonyl (C=O) groups is 2. The predicted octanol–water partition coefficient (Wildman–Crippen LogP) is 1.61. The third-order valence-corrected chi connectivity index (χ3v) is 4.41. The van der Waals surface area contributed by atoms with Crippen molar-refractivity contribution in [2.24, 2.45) is 5.92 Å². The van der Waals surface area contributed by atoms with E-state index in [9.17, 15) is 9.59 Å². The topological polar surface area (TPSA) is 67.4 Å². The number of hydrogen-bond acceptors (Lipinski definition) is 4. The first-order valence-electron chi connectivity index (χ1n) is 7.63. The second-order valence-corrected chi connectivity index (χ2v) is 5.69. The highest BCUT2D eigenvalue weighted by atomic mass is 16.5. The third kappa shape index (κ3) is 5.12. The van der Waals surface area contributed by atoms with Crippen molar-refractivity contribution in [2.75, 3.05) is 20.2 Å². The van der Waals surface area contributed by atoms with Gasteiger partial charge >= 0.3 is 5.97 Å². The van der Waals surface area contributed by atoms with Crippen molar-refractivity contribution in [3.05, 3.63) is 0 Å². The average Bonchev–Trinajstić information content (AvgIpc) is 2.97. The van der Waals surface area contributed by atoms with Gasteiger partial charge in [-0.25, -0.2) is 0 Å². The predicted molar refractivity (Wildman–Crippen MR) is 78.3 cm³/mol. The van der Waals surface area contributed by atoms with Crippen LogP contribution >= 0.6 is 0 Å². The molecule has 116 valence electrons. The van der Waals surface area contributed by atoms with Gasteiger partial charge in [-0.1, -0.05) is 13.8 Å². The van der Waals surface area contributed by atoms with E-state index in [1.807, 2.05) is 13.8 Å². The highest BCUT2D eigenvalue weighted by Crippen LogP contribution is 2.21. The summed E-state index contributed by atoms with van der Waals surface area (Å²) in [6, 6.07) is 0. The molecule has 1 aliphatic heterocycles. The van der Waals surface area contributed by atoms with Gasteiger partial charge in [0.15, 0.2) is 0 Å². The maximum Gasteiger partial charge on any atom is 0.307 e. The lowest BCUT2D eigenvalue weighted by atomic mass is 9.88. The van der Waals surface area contributed by atoms with E-state index in [1.165, 1.54) is 7.11 Å². The Labute approximate surface area is 121 Å². The van der Waals surface area contributed by atoms with Crippen LogP contribution in [0.4, 0.5) is 0 Å². The van der Waals surface area contributed by atoms with Crippen LogP contribution in [0, 0.1) is 5.92 Å². The minimum atomic E-state index is -0.460. The maximum atomic E-state index is 12.1. The van der Waals surface area contributed by atoms with Crippen LogP contribution in [0.15, 0.2) is 0 Å². The molecule has 0 aliphatic carbocycles. The van der Waals surface area contributed by atoms with Crippen molar-refractivity contribution in [3.8, 4) is 0 Å². The Hall–Kier alpha value is -1.10. The van der Waals surface area contributed by atoms with Gasteiger partial charge in [0, 0.05) is 12.0 Å². The molecule has 1 aliphatic rings. The fourth-order valence-electron chi connectivity index (χ4n) is 2.72. The van der Waals surface area contributed by atoms with Gasteiger partial charge < -0.3 is 15.4 Å². The Balaban J connectivity index is 2.46. The Morgan fingerprint density at radius 3 is 2.55 bits per heavy atom. The molecule has 1 fully saturated rings. The molecule has 1 amide bonds. The summed E-state index contributed by atoms with van der Waals surface area (Å²) < 4.78 is 4.73. The smallest absolute Gasteiger partial charge is 0.307 e. The number of esters is 1. The molecule has 1 unspecified atom stereocenters. The van der Waals surface area contributed by atoms with Crippen LogP contribution in [0.1, 0.15) is 52.4 Å². The van der Waals surface area contributed by atoms with Gasteiger partial charge in [-0.3, -0.25) is 9.59 Å². The molecule has 2 N–H and O–H groups in total. The summed E-state index contributed by atoms with van der Waals surface area (Å²) in [6.45, 7) is 6.06. The van der Waals surface area contributed by atoms with Crippen LogP contribution in [-0.4, -0.2) is 37.6 Å². The van der Waals surface area contributed by atoms with Gasteiger partial charge in [0.05, 0.1) is 13.5 Å². The molecule has 0 saturated carbocycles. The molecule has 0 aromatic rings. The highest BCUT2D eigenvalue weighted by molar-refractivity contribution is 5.78. The fourth-order valence-corrected chi connectivity index (χ4v) is 2.72. The summed E-state index contributed by atoms with van der Waals surface area (Å²) in [5.41, 5.74) is -0.460. The van der Waals surface area contributed by atoms with Crippen LogP contribution in [0.25, 0.3) is 0 Å². The first kappa shape index (κ1) is 17.0. The van der Waals surface area contributed by atoms with E-state index in [-0.39, 0.29) is 18.3 Å². The van der Waals surface area contributed by atoms with E-state index >= 15 is 0 Å². The Bertz CT molecular complexity index is 321. The van der Waals surface area contributed by atoms with Crippen LogP contribution in [0.5, 0.6) is 0 Å². The molecule has 0 bridgehead atoms. The lowest BCUT2D eigenvalue weighted by molar-refractivity contribution is -0.142. The van der Waals surface area contributed by atoms with Crippen molar-refractivity contribution in [2.45, 2.75) is 57.9 Å². The minimum Gasteiger partial charge on any atom is -0.469 e. The summed E-state index contributed by atoms with van der Waals surface area (Å²) in [5, 5.41) is 6.37. The zero-order valence-corrected chi connectivity index (χ0v) is 13.0. The monoisotopic (exact) mass is 284 g/mol. The van der Waals surface area contributed by atoms with E-state index in [0.29, 0.717) is 12.3 Å². The zero-order chi connectivity index (χ0) is 15.0. The van der Waals surface area contributed by atoms with Crippen LogP contribution in [-0.2, 0) is 14.3 Å². The lowest BCUT2D eigenvalue weighted by Gasteiger charge is -2.32. The van der Waals surface area contributed by atoms with Crippen molar-refractivity contribution < 1.29 is 14.3 Å². The molecule has 0 aromatic heterocycles. The Kier molecular flexibility index (Phi) is 6.99. The van der Waals surface area contributed by atoms with Gasteiger partial charge in [-0.15, -0.1) is 0 Å². The fraction of sp³-hybridized carbons (Fsp3) is 0.867. The van der Waals surface area contributed by atoms with Gasteiger partial charge in [0.1, 0.15) is 0 Å².